The second-order valence-electron chi connectivity index (χ2n) is 7.97. The van der Waals surface area contributed by atoms with Crippen LogP contribution in [0, 0.1) is 0 Å². The molecule has 0 spiro atoms. The highest BCUT2D eigenvalue weighted by atomic mass is 35.5. The van der Waals surface area contributed by atoms with E-state index < -0.39 is 12.0 Å². The van der Waals surface area contributed by atoms with Crippen LogP contribution >= 0.6 is 11.6 Å². The Kier molecular flexibility index (Phi) is 7.72. The minimum atomic E-state index is -0.892. The van der Waals surface area contributed by atoms with E-state index in [2.05, 4.69) is 10.3 Å². The smallest absolute Gasteiger partial charge is 0.321 e. The van der Waals surface area contributed by atoms with E-state index >= 15 is 0 Å². The van der Waals surface area contributed by atoms with Crippen molar-refractivity contribution in [1.82, 2.24) is 10.3 Å². The molecule has 7 heteroatoms. The first-order valence-corrected chi connectivity index (χ1v) is 11.6. The molecule has 0 radical (unpaired) electrons. The van der Waals surface area contributed by atoms with Crippen LogP contribution in [0.5, 0.6) is 11.5 Å². The van der Waals surface area contributed by atoms with E-state index in [9.17, 15) is 9.90 Å². The van der Waals surface area contributed by atoms with E-state index in [0.29, 0.717) is 42.7 Å². The average Bonchev–Trinajstić information content (AvgIpc) is 3.24. The number of aromatic nitrogens is 1. The molecule has 4 aromatic rings. The fourth-order valence-electron chi connectivity index (χ4n) is 3.85. The number of carboxylic acids is 1. The summed E-state index contributed by atoms with van der Waals surface area (Å²) >= 11 is 6.05. The van der Waals surface area contributed by atoms with Crippen molar-refractivity contribution in [2.75, 3.05) is 6.61 Å². The van der Waals surface area contributed by atoms with Gasteiger partial charge in [-0.15, -0.1) is 0 Å². The molecule has 0 amide bonds. The van der Waals surface area contributed by atoms with Crippen molar-refractivity contribution in [3.63, 3.8) is 0 Å². The highest BCUT2D eigenvalue weighted by Gasteiger charge is 2.19. The Hall–Kier alpha value is -3.48. The van der Waals surface area contributed by atoms with Gasteiger partial charge in [-0.05, 0) is 53.9 Å². The minimum Gasteiger partial charge on any atom is -0.490 e. The molecule has 1 aromatic heterocycles. The molecule has 0 aliphatic heterocycles. The highest BCUT2D eigenvalue weighted by molar-refractivity contribution is 6.30. The Balaban J connectivity index is 1.43. The molecule has 3 aromatic carbocycles. The molecular formula is C27H27ClN2O4. The van der Waals surface area contributed by atoms with Gasteiger partial charge in [-0.25, -0.2) is 0 Å². The predicted octanol–water partition coefficient (Wildman–Crippen LogP) is 5.58. The Morgan fingerprint density at radius 2 is 1.88 bits per heavy atom. The SMILES string of the molecule is CCOc1cc(CN[C@H](Cc2c[nH]c3ccccc23)C(=O)O)ccc1OCc1cccc(Cl)c1. The largest absolute Gasteiger partial charge is 0.490 e. The molecule has 6 nitrogen and oxygen atoms in total. The summed E-state index contributed by atoms with van der Waals surface area (Å²) in [6.45, 7) is 3.15. The molecule has 34 heavy (non-hydrogen) atoms. The van der Waals surface area contributed by atoms with E-state index in [1.807, 2.05) is 79.9 Å². The van der Waals surface area contributed by atoms with Crippen molar-refractivity contribution in [3.05, 3.63) is 94.6 Å². The van der Waals surface area contributed by atoms with Crippen LogP contribution in [0.3, 0.4) is 0 Å². The topological polar surface area (TPSA) is 83.6 Å². The van der Waals surface area contributed by atoms with Gasteiger partial charge in [0, 0.05) is 35.1 Å². The molecule has 0 aliphatic rings. The zero-order chi connectivity index (χ0) is 23.9. The Morgan fingerprint density at radius 1 is 1.03 bits per heavy atom. The second kappa shape index (κ2) is 11.1. The van der Waals surface area contributed by atoms with Gasteiger partial charge in [0.25, 0.3) is 0 Å². The zero-order valence-corrected chi connectivity index (χ0v) is 19.6. The van der Waals surface area contributed by atoms with Crippen molar-refractivity contribution in [2.45, 2.75) is 32.5 Å². The third-order valence-corrected chi connectivity index (χ3v) is 5.78. The Bertz CT molecular complexity index is 1270. The van der Waals surface area contributed by atoms with Crippen LogP contribution in [0.4, 0.5) is 0 Å². The van der Waals surface area contributed by atoms with Gasteiger partial charge in [-0.1, -0.05) is 48.0 Å². The zero-order valence-electron chi connectivity index (χ0n) is 18.9. The van der Waals surface area contributed by atoms with E-state index in [0.717, 1.165) is 27.6 Å². The molecule has 0 saturated carbocycles. The normalized spacial score (nSPS) is 11.9. The van der Waals surface area contributed by atoms with Gasteiger partial charge in [0.2, 0.25) is 0 Å². The van der Waals surface area contributed by atoms with Crippen LogP contribution in [0.1, 0.15) is 23.6 Å². The number of aliphatic carboxylic acids is 1. The molecule has 4 rings (SSSR count). The van der Waals surface area contributed by atoms with Gasteiger partial charge in [0.1, 0.15) is 12.6 Å². The fourth-order valence-corrected chi connectivity index (χ4v) is 4.06. The lowest BCUT2D eigenvalue weighted by molar-refractivity contribution is -0.139. The number of para-hydroxylation sites is 1. The third-order valence-electron chi connectivity index (χ3n) is 5.54. The second-order valence-corrected chi connectivity index (χ2v) is 8.40. The fraction of sp³-hybridized carbons (Fsp3) is 0.222. The third kappa shape index (κ3) is 5.90. The summed E-state index contributed by atoms with van der Waals surface area (Å²) in [6.07, 6.45) is 2.25. The lowest BCUT2D eigenvalue weighted by Crippen LogP contribution is -2.38. The summed E-state index contributed by atoms with van der Waals surface area (Å²) in [5.74, 6) is 0.350. The van der Waals surface area contributed by atoms with Gasteiger partial charge < -0.3 is 24.9 Å². The lowest BCUT2D eigenvalue weighted by atomic mass is 10.0. The lowest BCUT2D eigenvalue weighted by Gasteiger charge is -2.16. The van der Waals surface area contributed by atoms with Gasteiger partial charge >= 0.3 is 5.97 Å². The van der Waals surface area contributed by atoms with Gasteiger partial charge in [0.15, 0.2) is 11.5 Å². The van der Waals surface area contributed by atoms with Gasteiger partial charge in [0.05, 0.1) is 6.61 Å². The summed E-state index contributed by atoms with van der Waals surface area (Å²) in [5, 5.41) is 14.6. The molecule has 0 fully saturated rings. The summed E-state index contributed by atoms with van der Waals surface area (Å²) in [6, 6.07) is 20.3. The predicted molar refractivity (Wildman–Crippen MR) is 134 cm³/mol. The molecular weight excluding hydrogens is 452 g/mol. The number of rotatable bonds is 11. The average molecular weight is 479 g/mol. The number of hydrogen-bond acceptors (Lipinski definition) is 4. The quantitative estimate of drug-likeness (QED) is 0.262. The number of hydrogen-bond donors (Lipinski definition) is 3. The number of carboxylic acid groups (broad SMARTS) is 1. The molecule has 176 valence electrons. The van der Waals surface area contributed by atoms with Crippen LogP contribution in [-0.4, -0.2) is 28.7 Å². The van der Waals surface area contributed by atoms with Gasteiger partial charge in [-0.2, -0.15) is 0 Å². The molecule has 0 saturated heterocycles. The molecule has 1 atom stereocenters. The highest BCUT2D eigenvalue weighted by Crippen LogP contribution is 2.30. The van der Waals surface area contributed by atoms with Crippen molar-refractivity contribution < 1.29 is 19.4 Å². The minimum absolute atomic E-state index is 0.365. The monoisotopic (exact) mass is 478 g/mol. The van der Waals surface area contributed by atoms with Crippen molar-refractivity contribution >= 4 is 28.5 Å². The van der Waals surface area contributed by atoms with Crippen molar-refractivity contribution in [2.24, 2.45) is 0 Å². The molecule has 0 aliphatic carbocycles. The van der Waals surface area contributed by atoms with E-state index in [-0.39, 0.29) is 0 Å². The molecule has 0 bridgehead atoms. The molecule has 3 N–H and O–H groups in total. The molecule has 0 unspecified atom stereocenters. The number of fused-ring (bicyclic) bond motifs is 1. The van der Waals surface area contributed by atoms with Crippen molar-refractivity contribution in [3.8, 4) is 11.5 Å². The maximum absolute atomic E-state index is 11.9. The first kappa shape index (κ1) is 23.7. The van der Waals surface area contributed by atoms with Crippen LogP contribution in [0.2, 0.25) is 5.02 Å². The summed E-state index contributed by atoms with van der Waals surface area (Å²) in [5.41, 5.74) is 3.83. The first-order valence-electron chi connectivity index (χ1n) is 11.2. The molecule has 1 heterocycles. The van der Waals surface area contributed by atoms with Gasteiger partial charge in [-0.3, -0.25) is 4.79 Å². The summed E-state index contributed by atoms with van der Waals surface area (Å²) < 4.78 is 11.7. The Morgan fingerprint density at radius 3 is 2.68 bits per heavy atom. The standard InChI is InChI=1S/C27H27ClN2O4/c1-2-33-26-13-18(10-11-25(26)34-17-19-6-5-7-21(28)12-19)15-29-24(27(31)32)14-20-16-30-23-9-4-3-8-22(20)23/h3-13,16,24,29-30H,2,14-15,17H2,1H3,(H,31,32)/t24-/m1/s1. The van der Waals surface area contributed by atoms with E-state index in [4.69, 9.17) is 21.1 Å². The van der Waals surface area contributed by atoms with E-state index in [1.54, 1.807) is 0 Å². The summed E-state index contributed by atoms with van der Waals surface area (Å²) in [7, 11) is 0. The maximum Gasteiger partial charge on any atom is 0.321 e. The number of H-pyrrole nitrogens is 1. The first-order chi connectivity index (χ1) is 16.5. The number of carbonyl (C=O) groups is 1. The number of halogens is 1. The summed E-state index contributed by atoms with van der Waals surface area (Å²) in [4.78, 5) is 15.1. The number of nitrogens with one attached hydrogen (secondary N) is 2. The van der Waals surface area contributed by atoms with Crippen LogP contribution in [0.25, 0.3) is 10.9 Å². The maximum atomic E-state index is 11.9. The van der Waals surface area contributed by atoms with Crippen LogP contribution < -0.4 is 14.8 Å². The van der Waals surface area contributed by atoms with Crippen LogP contribution in [-0.2, 0) is 24.4 Å². The number of ether oxygens (including phenoxy) is 2. The number of benzene rings is 3. The van der Waals surface area contributed by atoms with Crippen molar-refractivity contribution in [1.29, 1.82) is 0 Å². The Labute approximate surface area is 203 Å². The van der Waals surface area contributed by atoms with E-state index in [1.165, 1.54) is 0 Å². The number of aromatic amines is 1. The van der Waals surface area contributed by atoms with Crippen LogP contribution in [0.15, 0.2) is 72.9 Å².